The van der Waals surface area contributed by atoms with Gasteiger partial charge in [-0.2, -0.15) is 4.72 Å². The fourth-order valence-electron chi connectivity index (χ4n) is 2.21. The molecule has 0 bridgehead atoms. The van der Waals surface area contributed by atoms with Crippen molar-refractivity contribution in [3.05, 3.63) is 40.9 Å². The Morgan fingerprint density at radius 3 is 2.44 bits per heavy atom. The standard InChI is InChI=1S/C16H20N4O5S2/c1-10(15(22)25-3)17-14(21)13(9-12-7-5-4-6-8-12)20-27(23,24)16-19-18-11(2)26-16/h4-8,10,13,20H,9H2,1-3H3,(H,17,21). The summed E-state index contributed by atoms with van der Waals surface area (Å²) in [4.78, 5) is 24.2. The van der Waals surface area contributed by atoms with Gasteiger partial charge in [-0.15, -0.1) is 10.2 Å². The number of aryl methyl sites for hydroxylation is 1. The van der Waals surface area contributed by atoms with E-state index in [4.69, 9.17) is 0 Å². The highest BCUT2D eigenvalue weighted by Crippen LogP contribution is 2.15. The number of hydrogen-bond acceptors (Lipinski definition) is 8. The zero-order valence-corrected chi connectivity index (χ0v) is 16.6. The number of amides is 1. The third-order valence-corrected chi connectivity index (χ3v) is 6.23. The number of aromatic nitrogens is 2. The average molecular weight is 412 g/mol. The molecule has 0 fully saturated rings. The first-order valence-electron chi connectivity index (χ1n) is 7.97. The second kappa shape index (κ2) is 9.02. The summed E-state index contributed by atoms with van der Waals surface area (Å²) in [5.74, 6) is -1.29. The molecule has 27 heavy (non-hydrogen) atoms. The van der Waals surface area contributed by atoms with Crippen LogP contribution >= 0.6 is 11.3 Å². The van der Waals surface area contributed by atoms with Crippen molar-refractivity contribution in [3.8, 4) is 0 Å². The van der Waals surface area contributed by atoms with Crippen LogP contribution in [0.2, 0.25) is 0 Å². The van der Waals surface area contributed by atoms with Gasteiger partial charge < -0.3 is 10.1 Å². The van der Waals surface area contributed by atoms with Crippen molar-refractivity contribution >= 4 is 33.2 Å². The van der Waals surface area contributed by atoms with Crippen molar-refractivity contribution in [2.45, 2.75) is 36.7 Å². The maximum atomic E-state index is 12.6. The Balaban J connectivity index is 2.23. The SMILES string of the molecule is COC(=O)C(C)NC(=O)C(Cc1ccccc1)NS(=O)(=O)c1nnc(C)s1. The zero-order valence-electron chi connectivity index (χ0n) is 15.0. The smallest absolute Gasteiger partial charge is 0.328 e. The molecule has 1 aromatic heterocycles. The number of nitrogens with one attached hydrogen (secondary N) is 2. The van der Waals surface area contributed by atoms with Gasteiger partial charge in [0.1, 0.15) is 17.1 Å². The Bertz CT molecular complexity index is 899. The maximum absolute atomic E-state index is 12.6. The number of methoxy groups -OCH3 is 1. The number of esters is 1. The Labute approximate surface area is 161 Å². The van der Waals surface area contributed by atoms with E-state index in [1.54, 1.807) is 31.2 Å². The number of carbonyl (C=O) groups excluding carboxylic acids is 2. The largest absolute Gasteiger partial charge is 0.467 e. The quantitative estimate of drug-likeness (QED) is 0.601. The van der Waals surface area contributed by atoms with Crippen molar-refractivity contribution in [3.63, 3.8) is 0 Å². The molecule has 0 aliphatic carbocycles. The molecule has 146 valence electrons. The molecular weight excluding hydrogens is 392 g/mol. The summed E-state index contributed by atoms with van der Waals surface area (Å²) in [6, 6.07) is 6.85. The number of ether oxygens (including phenoxy) is 1. The molecule has 0 spiro atoms. The molecule has 2 atom stereocenters. The van der Waals surface area contributed by atoms with Crippen molar-refractivity contribution < 1.29 is 22.7 Å². The number of hydrogen-bond donors (Lipinski definition) is 2. The average Bonchev–Trinajstić information content (AvgIpc) is 3.08. The molecule has 1 aromatic carbocycles. The molecule has 2 rings (SSSR count). The molecule has 2 N–H and O–H groups in total. The summed E-state index contributed by atoms with van der Waals surface area (Å²) in [5.41, 5.74) is 0.750. The highest BCUT2D eigenvalue weighted by molar-refractivity contribution is 7.91. The summed E-state index contributed by atoms with van der Waals surface area (Å²) in [7, 11) is -2.85. The summed E-state index contributed by atoms with van der Waals surface area (Å²) in [6.45, 7) is 3.08. The van der Waals surface area contributed by atoms with Crippen molar-refractivity contribution in [2.75, 3.05) is 7.11 Å². The minimum absolute atomic E-state index is 0.0948. The van der Waals surface area contributed by atoms with Gasteiger partial charge in [0.15, 0.2) is 0 Å². The van der Waals surface area contributed by atoms with Crippen molar-refractivity contribution in [2.24, 2.45) is 0 Å². The molecule has 0 aliphatic rings. The van der Waals surface area contributed by atoms with Crippen LogP contribution in [0, 0.1) is 6.92 Å². The van der Waals surface area contributed by atoms with E-state index in [2.05, 4.69) is 25.0 Å². The van der Waals surface area contributed by atoms with Crippen LogP contribution < -0.4 is 10.0 Å². The summed E-state index contributed by atoms with van der Waals surface area (Å²) < 4.78 is 31.8. The molecule has 2 aromatic rings. The minimum Gasteiger partial charge on any atom is -0.467 e. The van der Waals surface area contributed by atoms with Crippen LogP contribution in [0.5, 0.6) is 0 Å². The number of carbonyl (C=O) groups is 2. The van der Waals surface area contributed by atoms with Crippen molar-refractivity contribution in [1.29, 1.82) is 0 Å². The van der Waals surface area contributed by atoms with E-state index in [9.17, 15) is 18.0 Å². The second-order valence-corrected chi connectivity index (χ2v) is 8.77. The molecule has 1 heterocycles. The monoisotopic (exact) mass is 412 g/mol. The Kier molecular flexibility index (Phi) is 6.99. The molecule has 9 nitrogen and oxygen atoms in total. The summed E-state index contributed by atoms with van der Waals surface area (Å²) >= 11 is 0.899. The van der Waals surface area contributed by atoms with Gasteiger partial charge in [0.2, 0.25) is 10.2 Å². The van der Waals surface area contributed by atoms with Crippen LogP contribution in [-0.4, -0.2) is 49.7 Å². The fraction of sp³-hybridized carbons (Fsp3) is 0.375. The van der Waals surface area contributed by atoms with Crippen molar-refractivity contribution in [1.82, 2.24) is 20.2 Å². The number of benzene rings is 1. The van der Waals surface area contributed by atoms with E-state index >= 15 is 0 Å². The second-order valence-electron chi connectivity index (χ2n) is 5.70. The van der Waals surface area contributed by atoms with E-state index < -0.39 is 34.0 Å². The Morgan fingerprint density at radius 2 is 1.89 bits per heavy atom. The van der Waals surface area contributed by atoms with Gasteiger partial charge in [0.25, 0.3) is 10.0 Å². The van der Waals surface area contributed by atoms with E-state index in [0.29, 0.717) is 5.01 Å². The summed E-state index contributed by atoms with van der Waals surface area (Å²) in [6.07, 6.45) is 0.0948. The van der Waals surface area contributed by atoms with Crippen LogP contribution in [0.15, 0.2) is 34.7 Å². The van der Waals surface area contributed by atoms with Gasteiger partial charge in [-0.05, 0) is 25.8 Å². The topological polar surface area (TPSA) is 127 Å². The van der Waals surface area contributed by atoms with Gasteiger partial charge in [-0.1, -0.05) is 41.7 Å². The summed E-state index contributed by atoms with van der Waals surface area (Å²) in [5, 5.41) is 10.3. The van der Waals surface area contributed by atoms with Crippen LogP contribution in [-0.2, 0) is 30.8 Å². The Morgan fingerprint density at radius 1 is 1.22 bits per heavy atom. The highest BCUT2D eigenvalue weighted by Gasteiger charge is 2.30. The molecule has 0 aliphatic heterocycles. The van der Waals surface area contributed by atoms with Crippen LogP contribution in [0.3, 0.4) is 0 Å². The first-order chi connectivity index (χ1) is 12.7. The number of sulfonamides is 1. The van der Waals surface area contributed by atoms with Crippen LogP contribution in [0.1, 0.15) is 17.5 Å². The fourth-order valence-corrected chi connectivity index (χ4v) is 4.39. The van der Waals surface area contributed by atoms with Gasteiger partial charge in [0.05, 0.1) is 7.11 Å². The zero-order chi connectivity index (χ0) is 20.0. The number of rotatable bonds is 8. The minimum atomic E-state index is -4.05. The first kappa shape index (κ1) is 20.9. The third-order valence-electron chi connectivity index (χ3n) is 3.55. The van der Waals surface area contributed by atoms with Gasteiger partial charge in [0, 0.05) is 0 Å². The lowest BCUT2D eigenvalue weighted by molar-refractivity contribution is -0.144. The van der Waals surface area contributed by atoms with Crippen LogP contribution in [0.4, 0.5) is 0 Å². The van der Waals surface area contributed by atoms with Gasteiger partial charge in [-0.25, -0.2) is 13.2 Å². The molecule has 11 heteroatoms. The molecule has 2 unspecified atom stereocenters. The molecule has 0 radical (unpaired) electrons. The lowest BCUT2D eigenvalue weighted by atomic mass is 10.1. The van der Waals surface area contributed by atoms with E-state index in [0.717, 1.165) is 16.9 Å². The van der Waals surface area contributed by atoms with E-state index in [-0.39, 0.29) is 10.8 Å². The molecular formula is C16H20N4O5S2. The maximum Gasteiger partial charge on any atom is 0.328 e. The Hall–Kier alpha value is -2.37. The van der Waals surface area contributed by atoms with E-state index in [1.165, 1.54) is 14.0 Å². The lowest BCUT2D eigenvalue weighted by Crippen LogP contribution is -2.51. The van der Waals surface area contributed by atoms with Gasteiger partial charge >= 0.3 is 5.97 Å². The lowest BCUT2D eigenvalue weighted by Gasteiger charge is -2.20. The normalized spacial score (nSPS) is 13.6. The van der Waals surface area contributed by atoms with Gasteiger partial charge in [-0.3, -0.25) is 4.79 Å². The van der Waals surface area contributed by atoms with E-state index in [1.807, 2.05) is 6.07 Å². The third kappa shape index (κ3) is 5.81. The predicted molar refractivity (Wildman–Crippen MR) is 98.5 cm³/mol. The number of nitrogens with zero attached hydrogens (tertiary/aromatic N) is 2. The highest BCUT2D eigenvalue weighted by atomic mass is 32.2. The van der Waals surface area contributed by atoms with Crippen LogP contribution in [0.25, 0.3) is 0 Å². The predicted octanol–water partition coefficient (Wildman–Crippen LogP) is 0.414. The molecule has 0 saturated carbocycles. The molecule has 0 saturated heterocycles. The first-order valence-corrected chi connectivity index (χ1v) is 10.3. The molecule has 1 amide bonds.